The van der Waals surface area contributed by atoms with Gasteiger partial charge in [-0.25, -0.2) is 9.97 Å². The van der Waals surface area contributed by atoms with Gasteiger partial charge in [-0.05, 0) is 62.4 Å². The zero-order valence-electron chi connectivity index (χ0n) is 19.8. The molecule has 2 aromatic heterocycles. The highest BCUT2D eigenvalue weighted by molar-refractivity contribution is 8.34. The van der Waals surface area contributed by atoms with Crippen molar-refractivity contribution < 1.29 is 0 Å². The number of allylic oxidation sites excluding steroid dienone is 4. The highest BCUT2D eigenvalue weighted by Gasteiger charge is 2.25. The third-order valence-electron chi connectivity index (χ3n) is 5.81. The zero-order valence-corrected chi connectivity index (χ0v) is 23.0. The first-order chi connectivity index (χ1) is 17.6. The monoisotopic (exact) mass is 538 g/mol. The molecule has 6 rings (SSSR count). The summed E-state index contributed by atoms with van der Waals surface area (Å²) in [7, 11) is 0. The summed E-state index contributed by atoms with van der Waals surface area (Å²) in [5.74, 6) is 0. The van der Waals surface area contributed by atoms with Gasteiger partial charge in [-0.3, -0.25) is 0 Å². The van der Waals surface area contributed by atoms with Crippen LogP contribution in [0, 0.1) is 0 Å². The van der Waals surface area contributed by atoms with Crippen molar-refractivity contribution in [1.29, 1.82) is 0 Å². The SMILES string of the molecule is CC1=C(/C=C/c2ccc3ccccc3n2)S/C(=C2\SC(C)=C(/C=C/c3ccc4ccccc4n3)S2)S1. The molecular formula is C30H22N2S4. The lowest BCUT2D eigenvalue weighted by Gasteiger charge is -2.01. The first kappa shape index (κ1) is 23.7. The third-order valence-corrected chi connectivity index (χ3v) is 11.5. The minimum atomic E-state index is 0.984. The molecule has 2 nitrogen and oxygen atoms in total. The van der Waals surface area contributed by atoms with Gasteiger partial charge in [0.25, 0.3) is 0 Å². The van der Waals surface area contributed by atoms with E-state index < -0.39 is 0 Å². The summed E-state index contributed by atoms with van der Waals surface area (Å²) in [4.78, 5) is 14.8. The minimum absolute atomic E-state index is 0.984. The summed E-state index contributed by atoms with van der Waals surface area (Å²) in [6.45, 7) is 4.41. The first-order valence-electron chi connectivity index (χ1n) is 11.6. The Balaban J connectivity index is 1.15. The van der Waals surface area contributed by atoms with Gasteiger partial charge < -0.3 is 0 Å². The highest BCUT2D eigenvalue weighted by atomic mass is 32.2. The number of para-hydroxylation sites is 2. The second kappa shape index (κ2) is 10.4. The topological polar surface area (TPSA) is 25.8 Å². The van der Waals surface area contributed by atoms with Crippen molar-refractivity contribution in [3.05, 3.63) is 124 Å². The van der Waals surface area contributed by atoms with Gasteiger partial charge in [0.1, 0.15) is 0 Å². The average molecular weight is 539 g/mol. The van der Waals surface area contributed by atoms with Crippen molar-refractivity contribution in [2.24, 2.45) is 0 Å². The Labute approximate surface area is 228 Å². The predicted molar refractivity (Wildman–Crippen MR) is 164 cm³/mol. The summed E-state index contributed by atoms with van der Waals surface area (Å²) in [5.41, 5.74) is 4.03. The molecule has 0 bridgehead atoms. The molecule has 0 aliphatic carbocycles. The van der Waals surface area contributed by atoms with E-state index in [0.717, 1.165) is 22.4 Å². The maximum Gasteiger partial charge on any atom is 0.0709 e. The van der Waals surface area contributed by atoms with Gasteiger partial charge >= 0.3 is 0 Å². The zero-order chi connectivity index (χ0) is 24.5. The van der Waals surface area contributed by atoms with Gasteiger partial charge in [0.2, 0.25) is 0 Å². The molecule has 0 spiro atoms. The van der Waals surface area contributed by atoms with Crippen molar-refractivity contribution in [3.63, 3.8) is 0 Å². The van der Waals surface area contributed by atoms with Crippen LogP contribution in [0.1, 0.15) is 25.2 Å². The van der Waals surface area contributed by atoms with E-state index in [4.69, 9.17) is 9.97 Å². The number of hydrogen-bond donors (Lipinski definition) is 0. The molecule has 4 aromatic rings. The van der Waals surface area contributed by atoms with Gasteiger partial charge in [-0.15, -0.1) is 0 Å². The average Bonchev–Trinajstić information content (AvgIpc) is 3.47. The van der Waals surface area contributed by atoms with Crippen molar-refractivity contribution in [3.8, 4) is 0 Å². The van der Waals surface area contributed by atoms with Crippen LogP contribution in [0.15, 0.2) is 113 Å². The maximum atomic E-state index is 4.77. The Morgan fingerprint density at radius 2 is 0.944 bits per heavy atom. The lowest BCUT2D eigenvalue weighted by atomic mass is 10.2. The third kappa shape index (κ3) is 5.09. The van der Waals surface area contributed by atoms with Crippen LogP contribution in [0.2, 0.25) is 0 Å². The van der Waals surface area contributed by atoms with Crippen LogP contribution in [0.25, 0.3) is 34.0 Å². The molecule has 0 N–H and O–H groups in total. The van der Waals surface area contributed by atoms with E-state index in [1.54, 1.807) is 0 Å². The Kier molecular flexibility index (Phi) is 6.85. The van der Waals surface area contributed by atoms with Crippen molar-refractivity contribution in [1.82, 2.24) is 9.97 Å². The number of thioether (sulfide) groups is 4. The number of benzene rings is 2. The van der Waals surface area contributed by atoms with E-state index in [2.05, 4.69) is 86.7 Å². The molecule has 0 amide bonds. The molecule has 0 saturated heterocycles. The first-order valence-corrected chi connectivity index (χ1v) is 14.8. The fraction of sp³-hybridized carbons (Fsp3) is 0.0667. The van der Waals surface area contributed by atoms with Gasteiger partial charge in [0.05, 0.1) is 30.9 Å². The molecule has 2 aliphatic heterocycles. The quantitative estimate of drug-likeness (QED) is 0.256. The van der Waals surface area contributed by atoms with Crippen molar-refractivity contribution in [2.45, 2.75) is 13.8 Å². The largest absolute Gasteiger partial charge is 0.248 e. The molecular weight excluding hydrogens is 517 g/mol. The molecule has 0 unspecified atom stereocenters. The standard InChI is InChI=1S/C30H22N2S4/c1-19-27(17-15-23-13-11-21-7-3-5-9-25(21)31-23)35-29(33-19)30-34-20(2)28(36-30)18-16-24-14-12-22-8-4-6-10-26(22)32-24/h3-18H,1-2H3/b17-15+,18-16+,30-29+. The lowest BCUT2D eigenvalue weighted by Crippen LogP contribution is -1.82. The van der Waals surface area contributed by atoms with E-state index >= 15 is 0 Å². The van der Waals surface area contributed by atoms with Crippen LogP contribution < -0.4 is 0 Å². The second-order valence-electron chi connectivity index (χ2n) is 8.35. The van der Waals surface area contributed by atoms with E-state index in [0.29, 0.717) is 0 Å². The number of pyridine rings is 2. The number of hydrogen-bond acceptors (Lipinski definition) is 6. The van der Waals surface area contributed by atoms with E-state index in [1.807, 2.05) is 71.3 Å². The van der Waals surface area contributed by atoms with Crippen LogP contribution in [0.5, 0.6) is 0 Å². The number of nitrogens with zero attached hydrogens (tertiary/aromatic N) is 2. The number of aromatic nitrogens is 2. The molecule has 0 fully saturated rings. The minimum Gasteiger partial charge on any atom is -0.248 e. The molecule has 36 heavy (non-hydrogen) atoms. The summed E-state index contributed by atoms with van der Waals surface area (Å²) in [5, 5.41) is 2.34. The molecule has 0 radical (unpaired) electrons. The lowest BCUT2D eigenvalue weighted by molar-refractivity contribution is 1.37. The summed E-state index contributed by atoms with van der Waals surface area (Å²) >= 11 is 7.47. The van der Waals surface area contributed by atoms with Gasteiger partial charge in [-0.2, -0.15) is 0 Å². The molecule has 0 atom stereocenters. The normalized spacial score (nSPS) is 18.7. The smallest absolute Gasteiger partial charge is 0.0709 e. The van der Waals surface area contributed by atoms with Crippen LogP contribution in [0.4, 0.5) is 0 Å². The Bertz CT molecular complexity index is 1540. The van der Waals surface area contributed by atoms with Crippen molar-refractivity contribution in [2.75, 3.05) is 0 Å². The fourth-order valence-electron chi connectivity index (χ4n) is 3.90. The Morgan fingerprint density at radius 1 is 0.500 bits per heavy atom. The van der Waals surface area contributed by atoms with Crippen LogP contribution >= 0.6 is 47.0 Å². The predicted octanol–water partition coefficient (Wildman–Crippen LogP) is 10.1. The summed E-state index contributed by atoms with van der Waals surface area (Å²) < 4.78 is 2.72. The Hall–Kier alpha value is -2.64. The maximum absolute atomic E-state index is 4.77. The van der Waals surface area contributed by atoms with Gasteiger partial charge in [0.15, 0.2) is 0 Å². The molecule has 2 aliphatic rings. The fourth-order valence-corrected chi connectivity index (χ4v) is 9.21. The molecule has 2 aromatic carbocycles. The van der Waals surface area contributed by atoms with Crippen LogP contribution in [-0.2, 0) is 0 Å². The van der Waals surface area contributed by atoms with Gasteiger partial charge in [-0.1, -0.05) is 95.6 Å². The van der Waals surface area contributed by atoms with Crippen molar-refractivity contribution >= 4 is 81.0 Å². The van der Waals surface area contributed by atoms with E-state index in [1.165, 1.54) is 38.9 Å². The van der Waals surface area contributed by atoms with E-state index in [9.17, 15) is 0 Å². The summed E-state index contributed by atoms with van der Waals surface area (Å²) in [6.07, 6.45) is 8.65. The summed E-state index contributed by atoms with van der Waals surface area (Å²) in [6, 6.07) is 24.9. The molecule has 6 heteroatoms. The number of fused-ring (bicyclic) bond motifs is 2. The molecule has 0 saturated carbocycles. The highest BCUT2D eigenvalue weighted by Crippen LogP contribution is 2.60. The van der Waals surface area contributed by atoms with Crippen LogP contribution in [-0.4, -0.2) is 9.97 Å². The molecule has 4 heterocycles. The van der Waals surface area contributed by atoms with E-state index in [-0.39, 0.29) is 0 Å². The molecule has 176 valence electrons. The van der Waals surface area contributed by atoms with Gasteiger partial charge in [0, 0.05) is 30.4 Å². The second-order valence-corrected chi connectivity index (χ2v) is 13.4. The van der Waals surface area contributed by atoms with Crippen LogP contribution in [0.3, 0.4) is 0 Å². The Morgan fingerprint density at radius 3 is 1.42 bits per heavy atom. The number of rotatable bonds is 4.